The molecule has 0 aromatic heterocycles. The van der Waals surface area contributed by atoms with E-state index in [4.69, 9.17) is 5.26 Å². The largest absolute Gasteiger partial charge is 0.351 e. The first kappa shape index (κ1) is 12.1. The number of benzene rings is 1. The molecule has 1 aromatic rings. The molecule has 0 bridgehead atoms. The van der Waals surface area contributed by atoms with Crippen LogP contribution in [0.1, 0.15) is 28.8 Å². The van der Waals surface area contributed by atoms with Crippen molar-refractivity contribution in [2.75, 3.05) is 6.54 Å². The topological polar surface area (TPSA) is 52.9 Å². The highest BCUT2D eigenvalue weighted by Crippen LogP contribution is 2.36. The predicted octanol–water partition coefficient (Wildman–Crippen LogP) is 2.46. The highest BCUT2D eigenvalue weighted by molar-refractivity contribution is 9.09. The third kappa shape index (κ3) is 3.31. The number of carbonyl (C=O) groups is 1. The molecule has 2 rings (SSSR count). The van der Waals surface area contributed by atoms with Crippen LogP contribution in [-0.4, -0.2) is 17.3 Å². The molecule has 1 atom stereocenters. The molecule has 0 saturated heterocycles. The summed E-state index contributed by atoms with van der Waals surface area (Å²) in [5.74, 6) is 0.591. The zero-order valence-electron chi connectivity index (χ0n) is 9.32. The molecular formula is C13H13BrN2O. The van der Waals surface area contributed by atoms with E-state index in [0.717, 1.165) is 0 Å². The molecule has 1 aromatic carbocycles. The maximum Gasteiger partial charge on any atom is 0.251 e. The van der Waals surface area contributed by atoms with Gasteiger partial charge in [0.1, 0.15) is 0 Å². The molecule has 1 N–H and O–H groups in total. The monoisotopic (exact) mass is 292 g/mol. The molecule has 1 fully saturated rings. The first-order chi connectivity index (χ1) is 8.20. The Morgan fingerprint density at radius 2 is 2.35 bits per heavy atom. The van der Waals surface area contributed by atoms with E-state index in [1.54, 1.807) is 24.3 Å². The highest BCUT2D eigenvalue weighted by Gasteiger charge is 2.29. The van der Waals surface area contributed by atoms with Crippen molar-refractivity contribution in [3.05, 3.63) is 35.4 Å². The SMILES string of the molecule is N#Cc1cccc(C(=O)NCC(Br)C2CC2)c1. The summed E-state index contributed by atoms with van der Waals surface area (Å²) in [5.41, 5.74) is 1.05. The van der Waals surface area contributed by atoms with Crippen LogP contribution in [0.5, 0.6) is 0 Å². The van der Waals surface area contributed by atoms with Crippen LogP contribution in [0.25, 0.3) is 0 Å². The summed E-state index contributed by atoms with van der Waals surface area (Å²) in [4.78, 5) is 12.2. The van der Waals surface area contributed by atoms with Gasteiger partial charge in [0.05, 0.1) is 11.6 Å². The van der Waals surface area contributed by atoms with Crippen LogP contribution in [0.15, 0.2) is 24.3 Å². The van der Waals surface area contributed by atoms with E-state index in [1.165, 1.54) is 12.8 Å². The molecule has 1 aliphatic rings. The number of carbonyl (C=O) groups excluding carboxylic acids is 1. The molecule has 0 radical (unpaired) electrons. The summed E-state index contributed by atoms with van der Waals surface area (Å²) in [6, 6.07) is 8.76. The number of halogens is 1. The van der Waals surface area contributed by atoms with Crippen molar-refractivity contribution in [3.8, 4) is 6.07 Å². The third-order valence-corrected chi connectivity index (χ3v) is 3.92. The van der Waals surface area contributed by atoms with Gasteiger partial charge in [-0.25, -0.2) is 0 Å². The molecule has 1 aliphatic carbocycles. The number of nitrogens with zero attached hydrogens (tertiary/aromatic N) is 1. The number of hydrogen-bond donors (Lipinski definition) is 1. The second-order valence-corrected chi connectivity index (χ2v) is 5.43. The van der Waals surface area contributed by atoms with Crippen molar-refractivity contribution in [1.82, 2.24) is 5.32 Å². The fourth-order valence-corrected chi connectivity index (χ4v) is 2.34. The summed E-state index contributed by atoms with van der Waals surface area (Å²) in [6.07, 6.45) is 2.49. The Labute approximate surface area is 109 Å². The van der Waals surface area contributed by atoms with Gasteiger partial charge in [-0.3, -0.25) is 4.79 Å². The minimum absolute atomic E-state index is 0.118. The standard InChI is InChI=1S/C13H13BrN2O/c14-12(10-4-5-10)8-16-13(17)11-3-1-2-9(6-11)7-15/h1-3,6,10,12H,4-5,8H2,(H,16,17). The molecule has 1 amide bonds. The fourth-order valence-electron chi connectivity index (χ4n) is 1.65. The first-order valence-electron chi connectivity index (χ1n) is 5.63. The number of hydrogen-bond acceptors (Lipinski definition) is 2. The van der Waals surface area contributed by atoms with Crippen LogP contribution in [0.3, 0.4) is 0 Å². The predicted molar refractivity (Wildman–Crippen MR) is 68.9 cm³/mol. The quantitative estimate of drug-likeness (QED) is 0.867. The van der Waals surface area contributed by atoms with Gasteiger partial charge in [-0.05, 0) is 37.0 Å². The maximum atomic E-state index is 11.8. The zero-order chi connectivity index (χ0) is 12.3. The number of alkyl halides is 1. The first-order valence-corrected chi connectivity index (χ1v) is 6.54. The molecular weight excluding hydrogens is 280 g/mol. The van der Waals surface area contributed by atoms with Crippen LogP contribution >= 0.6 is 15.9 Å². The average Bonchev–Trinajstić information content (AvgIpc) is 3.19. The lowest BCUT2D eigenvalue weighted by atomic mass is 10.1. The molecule has 3 nitrogen and oxygen atoms in total. The summed E-state index contributed by atoms with van der Waals surface area (Å²) in [6.45, 7) is 0.639. The number of rotatable bonds is 4. The Kier molecular flexibility index (Phi) is 3.80. The van der Waals surface area contributed by atoms with Crippen LogP contribution in [0.2, 0.25) is 0 Å². The van der Waals surface area contributed by atoms with Crippen molar-refractivity contribution in [2.45, 2.75) is 17.7 Å². The molecule has 4 heteroatoms. The van der Waals surface area contributed by atoms with Gasteiger partial charge in [-0.15, -0.1) is 0 Å². The highest BCUT2D eigenvalue weighted by atomic mass is 79.9. The molecule has 1 unspecified atom stereocenters. The number of amides is 1. The van der Waals surface area contributed by atoms with Crippen molar-refractivity contribution >= 4 is 21.8 Å². The van der Waals surface area contributed by atoms with E-state index in [2.05, 4.69) is 21.2 Å². The van der Waals surface area contributed by atoms with Crippen LogP contribution < -0.4 is 5.32 Å². The van der Waals surface area contributed by atoms with E-state index in [1.807, 2.05) is 6.07 Å². The smallest absolute Gasteiger partial charge is 0.251 e. The van der Waals surface area contributed by atoms with Gasteiger partial charge in [-0.1, -0.05) is 22.0 Å². The van der Waals surface area contributed by atoms with Crippen LogP contribution in [0, 0.1) is 17.2 Å². The molecule has 17 heavy (non-hydrogen) atoms. The minimum atomic E-state index is -0.118. The van der Waals surface area contributed by atoms with E-state index in [-0.39, 0.29) is 5.91 Å². The molecule has 1 saturated carbocycles. The summed E-state index contributed by atoms with van der Waals surface area (Å²) >= 11 is 3.57. The molecule has 0 aliphatic heterocycles. The van der Waals surface area contributed by atoms with Crippen molar-refractivity contribution in [2.24, 2.45) is 5.92 Å². The summed E-state index contributed by atoms with van der Waals surface area (Å²) < 4.78 is 0. The minimum Gasteiger partial charge on any atom is -0.351 e. The molecule has 88 valence electrons. The third-order valence-electron chi connectivity index (χ3n) is 2.84. The zero-order valence-corrected chi connectivity index (χ0v) is 10.9. The Balaban J connectivity index is 1.92. The van der Waals surface area contributed by atoms with E-state index in [0.29, 0.717) is 28.4 Å². The number of nitrogens with one attached hydrogen (secondary N) is 1. The van der Waals surface area contributed by atoms with Gasteiger partial charge >= 0.3 is 0 Å². The van der Waals surface area contributed by atoms with E-state index in [9.17, 15) is 4.79 Å². The summed E-state index contributed by atoms with van der Waals surface area (Å²) in [5, 5.41) is 11.6. The van der Waals surface area contributed by atoms with Crippen molar-refractivity contribution < 1.29 is 4.79 Å². The lowest BCUT2D eigenvalue weighted by Gasteiger charge is -2.10. The Hall–Kier alpha value is -1.34. The second kappa shape index (κ2) is 5.33. The Morgan fingerprint density at radius 1 is 1.59 bits per heavy atom. The van der Waals surface area contributed by atoms with Gasteiger partial charge < -0.3 is 5.32 Å². The van der Waals surface area contributed by atoms with Crippen molar-refractivity contribution in [3.63, 3.8) is 0 Å². The van der Waals surface area contributed by atoms with Gasteiger partial charge in [0.2, 0.25) is 0 Å². The lowest BCUT2D eigenvalue weighted by molar-refractivity contribution is 0.0953. The fraction of sp³-hybridized carbons (Fsp3) is 0.385. The van der Waals surface area contributed by atoms with Gasteiger partial charge in [0, 0.05) is 16.9 Å². The molecule has 0 heterocycles. The van der Waals surface area contributed by atoms with Gasteiger partial charge in [0.15, 0.2) is 0 Å². The second-order valence-electron chi connectivity index (χ2n) is 4.26. The van der Waals surface area contributed by atoms with Gasteiger partial charge in [-0.2, -0.15) is 5.26 Å². The lowest BCUT2D eigenvalue weighted by Crippen LogP contribution is -2.30. The molecule has 0 spiro atoms. The van der Waals surface area contributed by atoms with E-state index >= 15 is 0 Å². The summed E-state index contributed by atoms with van der Waals surface area (Å²) in [7, 11) is 0. The van der Waals surface area contributed by atoms with E-state index < -0.39 is 0 Å². The van der Waals surface area contributed by atoms with Crippen LogP contribution in [0.4, 0.5) is 0 Å². The average molecular weight is 293 g/mol. The Bertz CT molecular complexity index is 463. The maximum absolute atomic E-state index is 11.8. The van der Waals surface area contributed by atoms with Crippen molar-refractivity contribution in [1.29, 1.82) is 5.26 Å². The normalized spacial score (nSPS) is 16.0. The number of nitriles is 1. The van der Waals surface area contributed by atoms with Crippen LogP contribution in [-0.2, 0) is 0 Å². The van der Waals surface area contributed by atoms with Gasteiger partial charge in [0.25, 0.3) is 5.91 Å². The Morgan fingerprint density at radius 3 is 3.00 bits per heavy atom.